The number of methoxy groups -OCH3 is 1. The minimum absolute atomic E-state index is 0.237. The standard InChI is InChI=1S/C24H31N3O6/c1-6-7-13-32-19-12-11-17(15-20(19)31-5)22(29)27-26-21(28)16-9-8-10-18(14-16)25-23(30)33-24(2,3)4/h8-12,14-15H,6-7,13H2,1-5H3,(H,25,30)(H,26,28)(H,27,29). The fraction of sp³-hybridized carbons (Fsp3) is 0.375. The summed E-state index contributed by atoms with van der Waals surface area (Å²) in [5, 5.41) is 2.57. The molecule has 0 aliphatic rings. The van der Waals surface area contributed by atoms with Crippen molar-refractivity contribution in [1.29, 1.82) is 0 Å². The molecule has 178 valence electrons. The molecule has 2 aromatic rings. The number of unbranched alkanes of at least 4 members (excludes halogenated alkanes) is 1. The number of anilines is 1. The molecular weight excluding hydrogens is 426 g/mol. The summed E-state index contributed by atoms with van der Waals surface area (Å²) in [6.07, 6.45) is 1.28. The van der Waals surface area contributed by atoms with Crippen molar-refractivity contribution < 1.29 is 28.6 Å². The van der Waals surface area contributed by atoms with Crippen LogP contribution in [0, 0.1) is 0 Å². The molecule has 0 spiro atoms. The van der Waals surface area contributed by atoms with Crippen LogP contribution in [0.4, 0.5) is 10.5 Å². The number of carbonyl (C=O) groups excluding carboxylic acids is 3. The lowest BCUT2D eigenvalue weighted by atomic mass is 10.2. The Morgan fingerprint density at radius 3 is 2.18 bits per heavy atom. The van der Waals surface area contributed by atoms with Gasteiger partial charge in [-0.05, 0) is 63.6 Å². The Bertz CT molecular complexity index is 984. The van der Waals surface area contributed by atoms with E-state index in [1.54, 1.807) is 51.1 Å². The lowest BCUT2D eigenvalue weighted by Gasteiger charge is -2.19. The number of nitrogens with one attached hydrogen (secondary N) is 3. The monoisotopic (exact) mass is 457 g/mol. The van der Waals surface area contributed by atoms with Gasteiger partial charge in [-0.1, -0.05) is 19.4 Å². The van der Waals surface area contributed by atoms with Crippen molar-refractivity contribution in [3.8, 4) is 11.5 Å². The quantitative estimate of drug-likeness (QED) is 0.402. The highest BCUT2D eigenvalue weighted by molar-refractivity contribution is 6.00. The van der Waals surface area contributed by atoms with Crippen LogP contribution in [0.3, 0.4) is 0 Å². The zero-order valence-electron chi connectivity index (χ0n) is 19.6. The fourth-order valence-electron chi connectivity index (χ4n) is 2.67. The minimum Gasteiger partial charge on any atom is -0.493 e. The fourth-order valence-corrected chi connectivity index (χ4v) is 2.67. The van der Waals surface area contributed by atoms with Gasteiger partial charge in [0.2, 0.25) is 0 Å². The normalized spacial score (nSPS) is 10.7. The third-order valence-corrected chi connectivity index (χ3v) is 4.24. The van der Waals surface area contributed by atoms with Gasteiger partial charge >= 0.3 is 6.09 Å². The van der Waals surface area contributed by atoms with Crippen LogP contribution in [-0.2, 0) is 4.74 Å². The summed E-state index contributed by atoms with van der Waals surface area (Å²) in [6.45, 7) is 7.87. The Hall–Kier alpha value is -3.75. The van der Waals surface area contributed by atoms with Gasteiger partial charge in [-0.25, -0.2) is 4.79 Å². The first-order valence-electron chi connectivity index (χ1n) is 10.6. The van der Waals surface area contributed by atoms with Gasteiger partial charge in [-0.3, -0.25) is 25.8 Å². The molecule has 0 saturated heterocycles. The summed E-state index contributed by atoms with van der Waals surface area (Å²) in [7, 11) is 1.49. The number of rotatable bonds is 8. The molecule has 3 N–H and O–H groups in total. The molecule has 0 aromatic heterocycles. The van der Waals surface area contributed by atoms with E-state index in [1.165, 1.54) is 19.2 Å². The van der Waals surface area contributed by atoms with Crippen molar-refractivity contribution in [2.24, 2.45) is 0 Å². The van der Waals surface area contributed by atoms with E-state index in [0.29, 0.717) is 23.8 Å². The largest absolute Gasteiger partial charge is 0.493 e. The number of hydrazine groups is 1. The van der Waals surface area contributed by atoms with Gasteiger partial charge in [0, 0.05) is 16.8 Å². The van der Waals surface area contributed by atoms with Crippen molar-refractivity contribution in [3.63, 3.8) is 0 Å². The van der Waals surface area contributed by atoms with Gasteiger partial charge in [0.15, 0.2) is 11.5 Å². The molecule has 9 nitrogen and oxygen atoms in total. The highest BCUT2D eigenvalue weighted by Gasteiger charge is 2.17. The van der Waals surface area contributed by atoms with E-state index >= 15 is 0 Å². The van der Waals surface area contributed by atoms with E-state index in [-0.39, 0.29) is 11.1 Å². The van der Waals surface area contributed by atoms with Crippen LogP contribution in [0.2, 0.25) is 0 Å². The van der Waals surface area contributed by atoms with Gasteiger partial charge in [-0.15, -0.1) is 0 Å². The highest BCUT2D eigenvalue weighted by Crippen LogP contribution is 2.28. The Kier molecular flexibility index (Phi) is 9.08. The van der Waals surface area contributed by atoms with E-state index in [2.05, 4.69) is 23.1 Å². The van der Waals surface area contributed by atoms with Crippen molar-refractivity contribution in [2.75, 3.05) is 19.0 Å². The van der Waals surface area contributed by atoms with Crippen LogP contribution in [0.1, 0.15) is 61.3 Å². The molecule has 0 unspecified atom stereocenters. The summed E-state index contributed by atoms with van der Waals surface area (Å²) in [5.41, 5.74) is 4.98. The van der Waals surface area contributed by atoms with Crippen LogP contribution in [0.25, 0.3) is 0 Å². The summed E-state index contributed by atoms with van der Waals surface area (Å²) < 4.78 is 16.2. The molecule has 0 saturated carbocycles. The zero-order chi connectivity index (χ0) is 24.4. The molecule has 0 aliphatic heterocycles. The lowest BCUT2D eigenvalue weighted by molar-refractivity contribution is 0.0635. The summed E-state index contributed by atoms with van der Waals surface area (Å²) in [6, 6.07) is 11.0. The SMILES string of the molecule is CCCCOc1ccc(C(=O)NNC(=O)c2cccc(NC(=O)OC(C)(C)C)c2)cc1OC. The van der Waals surface area contributed by atoms with Gasteiger partial charge in [0.05, 0.1) is 13.7 Å². The third kappa shape index (κ3) is 8.36. The molecule has 33 heavy (non-hydrogen) atoms. The number of ether oxygens (including phenoxy) is 3. The van der Waals surface area contributed by atoms with Crippen LogP contribution >= 0.6 is 0 Å². The molecule has 0 fully saturated rings. The van der Waals surface area contributed by atoms with E-state index in [9.17, 15) is 14.4 Å². The Morgan fingerprint density at radius 1 is 0.909 bits per heavy atom. The average Bonchev–Trinajstić information content (AvgIpc) is 2.76. The molecule has 0 bridgehead atoms. The van der Waals surface area contributed by atoms with Crippen LogP contribution < -0.4 is 25.6 Å². The molecule has 0 heterocycles. The van der Waals surface area contributed by atoms with E-state index < -0.39 is 23.5 Å². The maximum absolute atomic E-state index is 12.5. The summed E-state index contributed by atoms with van der Waals surface area (Å²) in [5.74, 6) is -0.112. The van der Waals surface area contributed by atoms with Crippen molar-refractivity contribution in [2.45, 2.75) is 46.1 Å². The highest BCUT2D eigenvalue weighted by atomic mass is 16.6. The van der Waals surface area contributed by atoms with Crippen molar-refractivity contribution in [3.05, 3.63) is 53.6 Å². The first kappa shape index (κ1) is 25.5. The maximum Gasteiger partial charge on any atom is 0.412 e. The molecule has 3 amide bonds. The van der Waals surface area contributed by atoms with E-state index in [4.69, 9.17) is 14.2 Å². The van der Waals surface area contributed by atoms with Crippen LogP contribution in [0.5, 0.6) is 11.5 Å². The van der Waals surface area contributed by atoms with Gasteiger partial charge in [-0.2, -0.15) is 0 Å². The number of amides is 3. The smallest absolute Gasteiger partial charge is 0.412 e. The Morgan fingerprint density at radius 2 is 1.58 bits per heavy atom. The molecule has 0 aliphatic carbocycles. The van der Waals surface area contributed by atoms with E-state index in [0.717, 1.165) is 12.8 Å². The lowest BCUT2D eigenvalue weighted by Crippen LogP contribution is -2.41. The number of hydrogen-bond donors (Lipinski definition) is 3. The third-order valence-electron chi connectivity index (χ3n) is 4.24. The Balaban J connectivity index is 1.97. The molecular formula is C24H31N3O6. The predicted molar refractivity (Wildman–Crippen MR) is 125 cm³/mol. The van der Waals surface area contributed by atoms with Gasteiger partial charge in [0.25, 0.3) is 11.8 Å². The van der Waals surface area contributed by atoms with E-state index in [1.807, 2.05) is 0 Å². The Labute approximate surface area is 193 Å². The molecule has 0 radical (unpaired) electrons. The zero-order valence-corrected chi connectivity index (χ0v) is 19.6. The summed E-state index contributed by atoms with van der Waals surface area (Å²) >= 11 is 0. The minimum atomic E-state index is -0.647. The molecule has 2 rings (SSSR count). The van der Waals surface area contributed by atoms with Gasteiger partial charge < -0.3 is 14.2 Å². The van der Waals surface area contributed by atoms with Gasteiger partial charge in [0.1, 0.15) is 5.60 Å². The number of carbonyl (C=O) groups is 3. The van der Waals surface area contributed by atoms with Crippen LogP contribution in [-0.4, -0.2) is 37.2 Å². The topological polar surface area (TPSA) is 115 Å². The van der Waals surface area contributed by atoms with Crippen molar-refractivity contribution in [1.82, 2.24) is 10.9 Å². The average molecular weight is 458 g/mol. The number of hydrogen-bond acceptors (Lipinski definition) is 6. The van der Waals surface area contributed by atoms with Crippen LogP contribution in [0.15, 0.2) is 42.5 Å². The predicted octanol–water partition coefficient (Wildman–Crippen LogP) is 4.30. The molecule has 0 atom stereocenters. The first-order valence-corrected chi connectivity index (χ1v) is 10.6. The second-order valence-corrected chi connectivity index (χ2v) is 8.18. The molecule has 9 heteroatoms. The summed E-state index contributed by atoms with van der Waals surface area (Å²) in [4.78, 5) is 36.8. The first-order chi connectivity index (χ1) is 15.6. The van der Waals surface area contributed by atoms with Crippen molar-refractivity contribution >= 4 is 23.6 Å². The molecule has 2 aromatic carbocycles. The number of benzene rings is 2. The second kappa shape index (κ2) is 11.8. The second-order valence-electron chi connectivity index (χ2n) is 8.18. The maximum atomic E-state index is 12.5.